The van der Waals surface area contributed by atoms with Crippen LogP contribution in [0.2, 0.25) is 0 Å². The van der Waals surface area contributed by atoms with Gasteiger partial charge in [-0.25, -0.2) is 4.39 Å². The Morgan fingerprint density at radius 1 is 1.39 bits per heavy atom. The molecule has 0 bridgehead atoms. The van der Waals surface area contributed by atoms with E-state index in [1.165, 1.54) is 24.3 Å². The number of rotatable bonds is 4. The fourth-order valence-electron chi connectivity index (χ4n) is 2.88. The molecule has 1 heterocycles. The van der Waals surface area contributed by atoms with Crippen molar-refractivity contribution in [3.8, 4) is 0 Å². The van der Waals surface area contributed by atoms with Crippen LogP contribution in [-0.4, -0.2) is 36.1 Å². The molecule has 0 spiro atoms. The van der Waals surface area contributed by atoms with Gasteiger partial charge in [0.2, 0.25) is 0 Å². The number of aromatic nitrogens is 1. The first-order valence-electron chi connectivity index (χ1n) is 7.70. The number of carbonyl (C=O) groups is 1. The Morgan fingerprint density at radius 2 is 2.13 bits per heavy atom. The van der Waals surface area contributed by atoms with Gasteiger partial charge < -0.3 is 14.7 Å². The lowest BCUT2D eigenvalue weighted by atomic mass is 9.91. The molecule has 2 aromatic rings. The topological polar surface area (TPSA) is 58.4 Å². The molecule has 6 heteroatoms. The maximum atomic E-state index is 12.9. The van der Waals surface area contributed by atoms with Gasteiger partial charge in [-0.1, -0.05) is 5.16 Å². The van der Waals surface area contributed by atoms with Gasteiger partial charge >= 0.3 is 0 Å². The van der Waals surface area contributed by atoms with Crippen molar-refractivity contribution in [2.24, 2.45) is 0 Å². The molecule has 1 aromatic carbocycles. The zero-order valence-electron chi connectivity index (χ0n) is 13.3. The Labute approximate surface area is 134 Å². The molecule has 3 rings (SSSR count). The molecule has 1 unspecified atom stereocenters. The number of hydrogen-bond donors (Lipinski definition) is 1. The molecule has 0 fully saturated rings. The molecule has 1 aromatic heterocycles. The molecule has 1 N–H and O–H groups in total. The number of nitrogens with zero attached hydrogens (tertiary/aromatic N) is 2. The highest BCUT2D eigenvalue weighted by atomic mass is 19.1. The maximum Gasteiger partial charge on any atom is 0.251 e. The van der Waals surface area contributed by atoms with E-state index in [1.54, 1.807) is 0 Å². The quantitative estimate of drug-likeness (QED) is 0.939. The Kier molecular flexibility index (Phi) is 4.43. The van der Waals surface area contributed by atoms with Gasteiger partial charge in [0.05, 0.1) is 0 Å². The third-order valence-corrected chi connectivity index (χ3v) is 4.03. The SMILES string of the molecule is CN(C)Cc1noc2c1CC(NC(=O)c1ccc(F)cc1)CC2. The average molecular weight is 317 g/mol. The number of aryl methyl sites for hydroxylation is 1. The van der Waals surface area contributed by atoms with Crippen LogP contribution >= 0.6 is 0 Å². The fraction of sp³-hybridized carbons (Fsp3) is 0.412. The number of halogens is 1. The number of fused-ring (bicyclic) bond motifs is 1. The van der Waals surface area contributed by atoms with Gasteiger partial charge in [-0.3, -0.25) is 4.79 Å². The summed E-state index contributed by atoms with van der Waals surface area (Å²) in [6.45, 7) is 0.720. The molecule has 23 heavy (non-hydrogen) atoms. The monoisotopic (exact) mass is 317 g/mol. The van der Waals surface area contributed by atoms with E-state index in [2.05, 4.69) is 10.5 Å². The zero-order valence-corrected chi connectivity index (χ0v) is 13.3. The van der Waals surface area contributed by atoms with Crippen LogP contribution in [0.3, 0.4) is 0 Å². The third kappa shape index (κ3) is 3.59. The second-order valence-corrected chi connectivity index (χ2v) is 6.19. The molecule has 1 aliphatic rings. The van der Waals surface area contributed by atoms with Crippen LogP contribution in [0, 0.1) is 5.82 Å². The van der Waals surface area contributed by atoms with Gasteiger partial charge in [0.15, 0.2) is 0 Å². The van der Waals surface area contributed by atoms with Gasteiger partial charge in [-0.05, 0) is 51.2 Å². The molecule has 0 aliphatic heterocycles. The lowest BCUT2D eigenvalue weighted by Crippen LogP contribution is -2.39. The molecule has 1 atom stereocenters. The van der Waals surface area contributed by atoms with Crippen molar-refractivity contribution >= 4 is 5.91 Å². The number of nitrogens with one attached hydrogen (secondary N) is 1. The highest BCUT2D eigenvalue weighted by Gasteiger charge is 2.27. The van der Waals surface area contributed by atoms with Crippen LogP contribution in [0.5, 0.6) is 0 Å². The summed E-state index contributed by atoms with van der Waals surface area (Å²) < 4.78 is 18.3. The predicted octanol–water partition coefficient (Wildman–Crippen LogP) is 2.16. The van der Waals surface area contributed by atoms with Gasteiger partial charge in [-0.15, -0.1) is 0 Å². The molecule has 5 nitrogen and oxygen atoms in total. The Morgan fingerprint density at radius 3 is 2.83 bits per heavy atom. The van der Waals surface area contributed by atoms with Crippen molar-refractivity contribution in [1.82, 2.24) is 15.4 Å². The van der Waals surface area contributed by atoms with E-state index in [-0.39, 0.29) is 17.8 Å². The van der Waals surface area contributed by atoms with Gasteiger partial charge in [0, 0.05) is 30.1 Å². The average Bonchev–Trinajstić information content (AvgIpc) is 2.90. The first-order valence-corrected chi connectivity index (χ1v) is 7.70. The van der Waals surface area contributed by atoms with Crippen LogP contribution in [0.15, 0.2) is 28.8 Å². The lowest BCUT2D eigenvalue weighted by molar-refractivity contribution is 0.0932. The number of benzene rings is 1. The second-order valence-electron chi connectivity index (χ2n) is 6.19. The van der Waals surface area contributed by atoms with Crippen molar-refractivity contribution < 1.29 is 13.7 Å². The van der Waals surface area contributed by atoms with E-state index in [9.17, 15) is 9.18 Å². The minimum absolute atomic E-state index is 0.0420. The van der Waals surface area contributed by atoms with Crippen LogP contribution in [0.1, 0.15) is 33.8 Å². The molecular formula is C17H20FN3O2. The first kappa shape index (κ1) is 15.7. The molecule has 0 saturated heterocycles. The Bertz CT molecular complexity index is 694. The van der Waals surface area contributed by atoms with Crippen LogP contribution < -0.4 is 5.32 Å². The van der Waals surface area contributed by atoms with E-state index in [1.807, 2.05) is 19.0 Å². The summed E-state index contributed by atoms with van der Waals surface area (Å²) in [7, 11) is 3.97. The van der Waals surface area contributed by atoms with Crippen molar-refractivity contribution in [2.75, 3.05) is 14.1 Å². The fourth-order valence-corrected chi connectivity index (χ4v) is 2.88. The van der Waals surface area contributed by atoms with Crippen LogP contribution in [-0.2, 0) is 19.4 Å². The normalized spacial score (nSPS) is 17.1. The van der Waals surface area contributed by atoms with Crippen molar-refractivity contribution in [1.29, 1.82) is 0 Å². The molecule has 1 amide bonds. The summed E-state index contributed by atoms with van der Waals surface area (Å²) >= 11 is 0. The summed E-state index contributed by atoms with van der Waals surface area (Å²) in [5.74, 6) is 0.403. The highest BCUT2D eigenvalue weighted by molar-refractivity contribution is 5.94. The highest BCUT2D eigenvalue weighted by Crippen LogP contribution is 2.25. The van der Waals surface area contributed by atoms with Crippen molar-refractivity contribution in [3.05, 3.63) is 52.7 Å². The minimum Gasteiger partial charge on any atom is -0.361 e. The summed E-state index contributed by atoms with van der Waals surface area (Å²) in [5, 5.41) is 7.17. The summed E-state index contributed by atoms with van der Waals surface area (Å²) in [4.78, 5) is 14.3. The van der Waals surface area contributed by atoms with Gasteiger partial charge in [0.25, 0.3) is 5.91 Å². The third-order valence-electron chi connectivity index (χ3n) is 4.03. The van der Waals surface area contributed by atoms with E-state index < -0.39 is 0 Å². The van der Waals surface area contributed by atoms with E-state index >= 15 is 0 Å². The maximum absolute atomic E-state index is 12.9. The van der Waals surface area contributed by atoms with Crippen LogP contribution in [0.25, 0.3) is 0 Å². The lowest BCUT2D eigenvalue weighted by Gasteiger charge is -2.23. The summed E-state index contributed by atoms with van der Waals surface area (Å²) in [6.07, 6.45) is 2.30. The van der Waals surface area contributed by atoms with Crippen molar-refractivity contribution in [2.45, 2.75) is 31.8 Å². The summed E-state index contributed by atoms with van der Waals surface area (Å²) in [5.41, 5.74) is 2.51. The molecule has 0 radical (unpaired) electrons. The Hall–Kier alpha value is -2.21. The number of hydrogen-bond acceptors (Lipinski definition) is 4. The molecule has 0 saturated carbocycles. The smallest absolute Gasteiger partial charge is 0.251 e. The van der Waals surface area contributed by atoms with E-state index in [0.29, 0.717) is 5.56 Å². The van der Waals surface area contributed by atoms with Gasteiger partial charge in [0.1, 0.15) is 17.3 Å². The predicted molar refractivity (Wildman–Crippen MR) is 83.6 cm³/mol. The standard InChI is InChI=1S/C17H20FN3O2/c1-21(2)10-15-14-9-13(7-8-16(14)23-20-15)19-17(22)11-3-5-12(18)6-4-11/h3-6,13H,7-10H2,1-2H3,(H,19,22). The molecule has 122 valence electrons. The molecular weight excluding hydrogens is 297 g/mol. The number of amides is 1. The van der Waals surface area contributed by atoms with E-state index in [0.717, 1.165) is 42.8 Å². The van der Waals surface area contributed by atoms with E-state index in [4.69, 9.17) is 4.52 Å². The van der Waals surface area contributed by atoms with Crippen LogP contribution in [0.4, 0.5) is 4.39 Å². The first-order chi connectivity index (χ1) is 11.0. The largest absolute Gasteiger partial charge is 0.361 e. The van der Waals surface area contributed by atoms with Crippen molar-refractivity contribution in [3.63, 3.8) is 0 Å². The van der Waals surface area contributed by atoms with Gasteiger partial charge in [-0.2, -0.15) is 0 Å². The summed E-state index contributed by atoms with van der Waals surface area (Å²) in [6, 6.07) is 5.62. The Balaban J connectivity index is 1.68. The number of carbonyl (C=O) groups excluding carboxylic acids is 1. The zero-order chi connectivity index (χ0) is 16.4. The molecule has 1 aliphatic carbocycles. The second kappa shape index (κ2) is 6.50. The minimum atomic E-state index is -0.346.